The van der Waals surface area contributed by atoms with Gasteiger partial charge in [-0.25, -0.2) is 8.78 Å². The minimum absolute atomic E-state index is 0.216. The van der Waals surface area contributed by atoms with E-state index < -0.39 is 12.0 Å². The number of hydrogen-bond donors (Lipinski definition) is 1. The normalized spacial score (nSPS) is 34.2. The van der Waals surface area contributed by atoms with Gasteiger partial charge < -0.3 is 5.73 Å². The standard InChI is InChI=1S/C12H23F2N/c1-11(2,3)9-5-4-7-12(15,8-6-9)10(13)14/h9-10H,4-8,15H2,1-3H3. The Kier molecular flexibility index (Phi) is 3.75. The maximum absolute atomic E-state index is 12.8. The van der Waals surface area contributed by atoms with E-state index >= 15 is 0 Å². The summed E-state index contributed by atoms with van der Waals surface area (Å²) in [5.41, 5.74) is 4.75. The van der Waals surface area contributed by atoms with Crippen LogP contribution in [0.1, 0.15) is 52.9 Å². The summed E-state index contributed by atoms with van der Waals surface area (Å²) in [6, 6.07) is 0. The van der Waals surface area contributed by atoms with Crippen LogP contribution >= 0.6 is 0 Å². The smallest absolute Gasteiger partial charge is 0.256 e. The lowest BCUT2D eigenvalue weighted by Gasteiger charge is -2.31. The highest BCUT2D eigenvalue weighted by atomic mass is 19.3. The summed E-state index contributed by atoms with van der Waals surface area (Å²) in [5, 5.41) is 0. The van der Waals surface area contributed by atoms with Gasteiger partial charge in [0.15, 0.2) is 0 Å². The summed E-state index contributed by atoms with van der Waals surface area (Å²) in [6.45, 7) is 6.55. The molecule has 0 amide bonds. The molecular formula is C12H23F2N. The highest BCUT2D eigenvalue weighted by Gasteiger charge is 2.39. The highest BCUT2D eigenvalue weighted by molar-refractivity contribution is 4.92. The van der Waals surface area contributed by atoms with E-state index in [1.807, 2.05) is 0 Å². The van der Waals surface area contributed by atoms with Crippen molar-refractivity contribution in [3.8, 4) is 0 Å². The van der Waals surface area contributed by atoms with Gasteiger partial charge in [-0.1, -0.05) is 27.2 Å². The first-order valence-corrected chi connectivity index (χ1v) is 5.83. The number of nitrogens with two attached hydrogens (primary N) is 1. The summed E-state index contributed by atoms with van der Waals surface area (Å²) in [4.78, 5) is 0. The molecule has 1 saturated carbocycles. The van der Waals surface area contributed by atoms with E-state index in [2.05, 4.69) is 20.8 Å². The predicted octanol–water partition coefficient (Wildman–Crippen LogP) is 3.58. The van der Waals surface area contributed by atoms with Crippen molar-refractivity contribution in [2.24, 2.45) is 17.1 Å². The molecule has 0 bridgehead atoms. The zero-order valence-corrected chi connectivity index (χ0v) is 10.0. The average Bonchev–Trinajstić information content (AvgIpc) is 2.26. The maximum Gasteiger partial charge on any atom is 0.256 e. The Morgan fingerprint density at radius 1 is 1.20 bits per heavy atom. The van der Waals surface area contributed by atoms with Crippen LogP contribution < -0.4 is 5.73 Å². The van der Waals surface area contributed by atoms with Gasteiger partial charge in [0.2, 0.25) is 0 Å². The van der Waals surface area contributed by atoms with E-state index in [0.717, 1.165) is 19.3 Å². The molecule has 0 radical (unpaired) electrons. The summed E-state index contributed by atoms with van der Waals surface area (Å²) < 4.78 is 25.6. The second kappa shape index (κ2) is 4.36. The Bertz CT molecular complexity index is 210. The first-order chi connectivity index (χ1) is 6.76. The molecule has 0 spiro atoms. The quantitative estimate of drug-likeness (QED) is 0.670. The number of rotatable bonds is 1. The minimum Gasteiger partial charge on any atom is -0.320 e. The van der Waals surface area contributed by atoms with Gasteiger partial charge in [0.25, 0.3) is 6.43 Å². The molecule has 90 valence electrons. The number of halogens is 2. The summed E-state index contributed by atoms with van der Waals surface area (Å²) in [5.74, 6) is 0.529. The van der Waals surface area contributed by atoms with Crippen molar-refractivity contribution in [1.82, 2.24) is 0 Å². The van der Waals surface area contributed by atoms with Crippen LogP contribution in [0.2, 0.25) is 0 Å². The molecule has 0 aromatic heterocycles. The van der Waals surface area contributed by atoms with E-state index in [1.54, 1.807) is 0 Å². The summed E-state index contributed by atoms with van der Waals surface area (Å²) in [7, 11) is 0. The molecule has 0 saturated heterocycles. The van der Waals surface area contributed by atoms with Crippen LogP contribution in [0.3, 0.4) is 0 Å². The molecule has 2 atom stereocenters. The van der Waals surface area contributed by atoms with Gasteiger partial charge in [0, 0.05) is 0 Å². The van der Waals surface area contributed by atoms with Crippen LogP contribution in [0, 0.1) is 11.3 Å². The van der Waals surface area contributed by atoms with Crippen LogP contribution in [-0.4, -0.2) is 12.0 Å². The van der Waals surface area contributed by atoms with Crippen molar-refractivity contribution in [3.63, 3.8) is 0 Å². The molecule has 1 aliphatic rings. The van der Waals surface area contributed by atoms with Crippen molar-refractivity contribution in [3.05, 3.63) is 0 Å². The molecular weight excluding hydrogens is 196 g/mol. The fourth-order valence-electron chi connectivity index (χ4n) is 2.47. The maximum atomic E-state index is 12.8. The van der Waals surface area contributed by atoms with E-state index in [9.17, 15) is 8.78 Å². The molecule has 0 heterocycles. The second-order valence-corrected chi connectivity index (χ2v) is 6.03. The monoisotopic (exact) mass is 219 g/mol. The van der Waals surface area contributed by atoms with Crippen molar-refractivity contribution in [1.29, 1.82) is 0 Å². The van der Waals surface area contributed by atoms with Gasteiger partial charge >= 0.3 is 0 Å². The molecule has 1 aliphatic carbocycles. The van der Waals surface area contributed by atoms with E-state index in [-0.39, 0.29) is 5.41 Å². The van der Waals surface area contributed by atoms with E-state index in [1.165, 1.54) is 0 Å². The summed E-state index contributed by atoms with van der Waals surface area (Å²) in [6.07, 6.45) is 1.27. The Morgan fingerprint density at radius 3 is 2.27 bits per heavy atom. The Hall–Kier alpha value is -0.180. The first-order valence-electron chi connectivity index (χ1n) is 5.83. The lowest BCUT2D eigenvalue weighted by Crippen LogP contribution is -2.46. The predicted molar refractivity (Wildman–Crippen MR) is 59.0 cm³/mol. The molecule has 1 fully saturated rings. The van der Waals surface area contributed by atoms with Crippen LogP contribution in [0.25, 0.3) is 0 Å². The molecule has 3 heteroatoms. The minimum atomic E-state index is -2.38. The Labute approximate surface area is 91.4 Å². The lowest BCUT2D eigenvalue weighted by molar-refractivity contribution is 0.0427. The molecule has 2 unspecified atom stereocenters. The second-order valence-electron chi connectivity index (χ2n) is 6.03. The molecule has 0 aliphatic heterocycles. The topological polar surface area (TPSA) is 26.0 Å². The third-order valence-electron chi connectivity index (χ3n) is 3.81. The molecule has 1 rings (SSSR count). The van der Waals surface area contributed by atoms with Gasteiger partial charge in [0.05, 0.1) is 5.54 Å². The van der Waals surface area contributed by atoms with Gasteiger partial charge in [-0.2, -0.15) is 0 Å². The SMILES string of the molecule is CC(C)(C)C1CCCC(N)(C(F)F)CC1. The van der Waals surface area contributed by atoms with Gasteiger partial charge in [-0.15, -0.1) is 0 Å². The van der Waals surface area contributed by atoms with Crippen molar-refractivity contribution >= 4 is 0 Å². The van der Waals surface area contributed by atoms with Crippen LogP contribution in [0.15, 0.2) is 0 Å². The molecule has 0 aromatic rings. The van der Waals surface area contributed by atoms with Crippen molar-refractivity contribution < 1.29 is 8.78 Å². The van der Waals surface area contributed by atoms with Crippen LogP contribution in [0.5, 0.6) is 0 Å². The summed E-state index contributed by atoms with van der Waals surface area (Å²) >= 11 is 0. The molecule has 1 nitrogen and oxygen atoms in total. The highest BCUT2D eigenvalue weighted by Crippen LogP contribution is 2.40. The average molecular weight is 219 g/mol. The van der Waals surface area contributed by atoms with Crippen LogP contribution in [-0.2, 0) is 0 Å². The first kappa shape index (κ1) is 12.9. The van der Waals surface area contributed by atoms with E-state index in [0.29, 0.717) is 18.8 Å². The van der Waals surface area contributed by atoms with Gasteiger partial charge in [0.1, 0.15) is 0 Å². The van der Waals surface area contributed by atoms with Gasteiger partial charge in [-0.05, 0) is 37.0 Å². The Morgan fingerprint density at radius 2 is 1.80 bits per heavy atom. The fraction of sp³-hybridized carbons (Fsp3) is 1.00. The Balaban J connectivity index is 2.64. The van der Waals surface area contributed by atoms with E-state index in [4.69, 9.17) is 5.73 Å². The molecule has 15 heavy (non-hydrogen) atoms. The third-order valence-corrected chi connectivity index (χ3v) is 3.81. The molecule has 0 aromatic carbocycles. The zero-order valence-electron chi connectivity index (χ0n) is 10.0. The zero-order chi connectivity index (χ0) is 11.7. The lowest BCUT2D eigenvalue weighted by atomic mass is 9.76. The van der Waals surface area contributed by atoms with Crippen LogP contribution in [0.4, 0.5) is 8.78 Å². The number of hydrogen-bond acceptors (Lipinski definition) is 1. The fourth-order valence-corrected chi connectivity index (χ4v) is 2.47. The largest absolute Gasteiger partial charge is 0.320 e. The third kappa shape index (κ3) is 3.13. The number of alkyl halides is 2. The van der Waals surface area contributed by atoms with Crippen molar-refractivity contribution in [2.75, 3.05) is 0 Å². The van der Waals surface area contributed by atoms with Crippen molar-refractivity contribution in [2.45, 2.75) is 64.8 Å². The van der Waals surface area contributed by atoms with Gasteiger partial charge in [-0.3, -0.25) is 0 Å². The molecule has 2 N–H and O–H groups in total.